The fourth-order valence-electron chi connectivity index (χ4n) is 2.43. The van der Waals surface area contributed by atoms with E-state index in [0.29, 0.717) is 13.1 Å². The molecule has 0 saturated heterocycles. The second-order valence-corrected chi connectivity index (χ2v) is 7.95. The van der Waals surface area contributed by atoms with Crippen molar-refractivity contribution in [1.82, 2.24) is 10.6 Å². The molecule has 30 heavy (non-hydrogen) atoms. The molecule has 6 heteroatoms. The van der Waals surface area contributed by atoms with Crippen molar-refractivity contribution in [3.05, 3.63) is 60.7 Å². The molecule has 0 heterocycles. The summed E-state index contributed by atoms with van der Waals surface area (Å²) >= 11 is 0. The van der Waals surface area contributed by atoms with Crippen LogP contribution in [-0.4, -0.2) is 36.0 Å². The Morgan fingerprint density at radius 2 is 1.00 bits per heavy atom. The normalized spacial score (nSPS) is 11.2. The van der Waals surface area contributed by atoms with Crippen LogP contribution < -0.4 is 21.3 Å². The number of anilines is 2. The predicted octanol–water partition coefficient (Wildman–Crippen LogP) is 3.00. The molecule has 0 aromatic heterocycles. The van der Waals surface area contributed by atoms with Crippen LogP contribution in [0.4, 0.5) is 11.4 Å². The van der Waals surface area contributed by atoms with E-state index in [9.17, 15) is 9.59 Å². The number of amides is 2. The lowest BCUT2D eigenvalue weighted by Gasteiger charge is -2.24. The predicted molar refractivity (Wildman–Crippen MR) is 122 cm³/mol. The summed E-state index contributed by atoms with van der Waals surface area (Å²) in [5.74, 6) is 5.71. The second kappa shape index (κ2) is 10.6. The Kier molecular flexibility index (Phi) is 8.16. The number of benzene rings is 2. The summed E-state index contributed by atoms with van der Waals surface area (Å²) in [4.78, 5) is 24.9. The molecule has 2 rings (SSSR count). The van der Waals surface area contributed by atoms with Crippen LogP contribution in [0.15, 0.2) is 60.7 Å². The highest BCUT2D eigenvalue weighted by molar-refractivity contribution is 5.98. The average Bonchev–Trinajstić information content (AvgIpc) is 2.72. The fraction of sp³-hybridized carbons (Fsp3) is 0.333. The molecule has 0 aliphatic heterocycles. The van der Waals surface area contributed by atoms with Crippen LogP contribution >= 0.6 is 0 Å². The van der Waals surface area contributed by atoms with Crippen LogP contribution in [0.3, 0.4) is 0 Å². The Morgan fingerprint density at radius 3 is 1.33 bits per heavy atom. The van der Waals surface area contributed by atoms with Crippen molar-refractivity contribution in [3.8, 4) is 11.8 Å². The molecule has 0 saturated carbocycles. The lowest BCUT2D eigenvalue weighted by molar-refractivity contribution is -0.121. The number of carbonyl (C=O) groups excluding carboxylic acids is 2. The summed E-state index contributed by atoms with van der Waals surface area (Å²) in [6, 6.07) is 18.7. The minimum Gasteiger partial charge on any atom is -0.325 e. The smallest absolute Gasteiger partial charge is 0.244 e. The molecule has 2 aromatic carbocycles. The van der Waals surface area contributed by atoms with Crippen molar-refractivity contribution in [2.45, 2.75) is 38.8 Å². The highest BCUT2D eigenvalue weighted by atomic mass is 16.2. The maximum Gasteiger partial charge on any atom is 0.244 e. The standard InChI is InChI=1S/C24H30N4O2/c1-23(2,21(29)27-19-13-7-5-8-14-19)25-17-11-12-18-26-24(3,4)22(30)28-20-15-9-6-10-16-20/h5-10,13-16,25-26H,17-18H2,1-4H3,(H,27,29)(H,28,30). The van der Waals surface area contributed by atoms with Gasteiger partial charge in [-0.3, -0.25) is 20.2 Å². The zero-order valence-electron chi connectivity index (χ0n) is 18.0. The van der Waals surface area contributed by atoms with Gasteiger partial charge in [0.2, 0.25) is 11.8 Å². The van der Waals surface area contributed by atoms with Crippen LogP contribution in [0.2, 0.25) is 0 Å². The molecule has 2 aromatic rings. The Labute approximate surface area is 178 Å². The summed E-state index contributed by atoms with van der Waals surface area (Å²) in [7, 11) is 0. The summed E-state index contributed by atoms with van der Waals surface area (Å²) < 4.78 is 0. The molecule has 0 bridgehead atoms. The first-order chi connectivity index (χ1) is 14.2. The van der Waals surface area contributed by atoms with Crippen LogP contribution in [0.25, 0.3) is 0 Å². The third-order valence-electron chi connectivity index (χ3n) is 4.56. The molecule has 4 N–H and O–H groups in total. The first kappa shape index (κ1) is 23.1. The van der Waals surface area contributed by atoms with E-state index in [0.717, 1.165) is 11.4 Å². The highest BCUT2D eigenvalue weighted by Crippen LogP contribution is 2.11. The molecule has 0 atom stereocenters. The van der Waals surface area contributed by atoms with Crippen molar-refractivity contribution in [2.75, 3.05) is 23.7 Å². The van der Waals surface area contributed by atoms with Gasteiger partial charge in [-0.15, -0.1) is 0 Å². The van der Waals surface area contributed by atoms with Crippen molar-refractivity contribution >= 4 is 23.2 Å². The third-order valence-corrected chi connectivity index (χ3v) is 4.56. The average molecular weight is 407 g/mol. The quantitative estimate of drug-likeness (QED) is 0.508. The number of para-hydroxylation sites is 2. The minimum absolute atomic E-state index is 0.132. The molecule has 0 unspecified atom stereocenters. The lowest BCUT2D eigenvalue weighted by atomic mass is 10.0. The van der Waals surface area contributed by atoms with Crippen LogP contribution in [-0.2, 0) is 9.59 Å². The van der Waals surface area contributed by atoms with Crippen LogP contribution in [0, 0.1) is 11.8 Å². The van der Waals surface area contributed by atoms with Gasteiger partial charge in [-0.25, -0.2) is 0 Å². The van der Waals surface area contributed by atoms with Gasteiger partial charge < -0.3 is 10.6 Å². The van der Waals surface area contributed by atoms with Gasteiger partial charge in [0, 0.05) is 11.4 Å². The number of rotatable bonds is 8. The second-order valence-electron chi connectivity index (χ2n) is 7.95. The van der Waals surface area contributed by atoms with Gasteiger partial charge in [0.25, 0.3) is 0 Å². The van der Waals surface area contributed by atoms with E-state index in [1.54, 1.807) is 0 Å². The molecule has 158 valence electrons. The van der Waals surface area contributed by atoms with E-state index < -0.39 is 11.1 Å². The first-order valence-electron chi connectivity index (χ1n) is 9.89. The maximum absolute atomic E-state index is 12.4. The molecule has 6 nitrogen and oxygen atoms in total. The van der Waals surface area contributed by atoms with Gasteiger partial charge in [-0.05, 0) is 52.0 Å². The molecular formula is C24H30N4O2. The molecule has 2 amide bonds. The SMILES string of the molecule is CC(C)(NCC#CCNC(C)(C)C(=O)Nc1ccccc1)C(=O)Nc1ccccc1. The molecule has 0 radical (unpaired) electrons. The number of nitrogens with one attached hydrogen (secondary N) is 4. The van der Waals surface area contributed by atoms with Crippen molar-refractivity contribution < 1.29 is 9.59 Å². The molecule has 0 spiro atoms. The van der Waals surface area contributed by atoms with Gasteiger partial charge in [0.05, 0.1) is 24.2 Å². The van der Waals surface area contributed by atoms with Gasteiger partial charge >= 0.3 is 0 Å². The monoisotopic (exact) mass is 406 g/mol. The van der Waals surface area contributed by atoms with E-state index >= 15 is 0 Å². The van der Waals surface area contributed by atoms with Gasteiger partial charge in [-0.1, -0.05) is 48.2 Å². The van der Waals surface area contributed by atoms with Crippen LogP contribution in [0.5, 0.6) is 0 Å². The Morgan fingerprint density at radius 1 is 0.667 bits per heavy atom. The summed E-state index contributed by atoms with van der Waals surface area (Å²) in [5.41, 5.74) is -0.0353. The van der Waals surface area contributed by atoms with Crippen LogP contribution in [0.1, 0.15) is 27.7 Å². The Bertz CT molecular complexity index is 824. The van der Waals surface area contributed by atoms with Crippen molar-refractivity contribution in [2.24, 2.45) is 0 Å². The minimum atomic E-state index is -0.771. The fourth-order valence-corrected chi connectivity index (χ4v) is 2.43. The maximum atomic E-state index is 12.4. The zero-order chi connectivity index (χ0) is 22.0. The van der Waals surface area contributed by atoms with E-state index in [4.69, 9.17) is 0 Å². The van der Waals surface area contributed by atoms with E-state index in [1.807, 2.05) is 88.4 Å². The first-order valence-corrected chi connectivity index (χ1v) is 9.89. The molecule has 0 aliphatic carbocycles. The summed E-state index contributed by atoms with van der Waals surface area (Å²) in [6.45, 7) is 7.94. The van der Waals surface area contributed by atoms with Crippen molar-refractivity contribution in [1.29, 1.82) is 0 Å². The summed E-state index contributed by atoms with van der Waals surface area (Å²) in [5, 5.41) is 12.0. The summed E-state index contributed by atoms with van der Waals surface area (Å²) in [6.07, 6.45) is 0. The Hall–Kier alpha value is -3.14. The molecule has 0 fully saturated rings. The van der Waals surface area contributed by atoms with Crippen molar-refractivity contribution in [3.63, 3.8) is 0 Å². The van der Waals surface area contributed by atoms with Gasteiger partial charge in [0.1, 0.15) is 0 Å². The number of hydrogen-bond donors (Lipinski definition) is 4. The largest absolute Gasteiger partial charge is 0.325 e. The van der Waals surface area contributed by atoms with Gasteiger partial charge in [0.15, 0.2) is 0 Å². The number of carbonyl (C=O) groups is 2. The lowest BCUT2D eigenvalue weighted by Crippen LogP contribution is -2.50. The topological polar surface area (TPSA) is 82.3 Å². The van der Waals surface area contributed by atoms with Gasteiger partial charge in [-0.2, -0.15) is 0 Å². The molecule has 0 aliphatic rings. The third kappa shape index (κ3) is 7.36. The number of hydrogen-bond acceptors (Lipinski definition) is 4. The van der Waals surface area contributed by atoms with E-state index in [-0.39, 0.29) is 11.8 Å². The Balaban J connectivity index is 1.75. The van der Waals surface area contributed by atoms with E-state index in [2.05, 4.69) is 33.1 Å². The highest BCUT2D eigenvalue weighted by Gasteiger charge is 2.27. The molecular weight excluding hydrogens is 376 g/mol. The van der Waals surface area contributed by atoms with E-state index in [1.165, 1.54) is 0 Å². The zero-order valence-corrected chi connectivity index (χ0v) is 18.0.